The molecule has 0 saturated carbocycles. The molecule has 0 aliphatic carbocycles. The van der Waals surface area contributed by atoms with Gasteiger partial charge in [0.2, 0.25) is 5.91 Å². The standard InChI is InChI=1S/C22H28N2O3.ClH/c1-16(2)13-20(22(26)27-15-18-11-7-4-8-12-18)24-21(25)19(23)14-17-9-5-3-6-10-17;/h3-12,16,19-20H,13-15,23H2,1-2H3,(H,24,25);1H/t19-,20-;/m0./s1. The summed E-state index contributed by atoms with van der Waals surface area (Å²) in [4.78, 5) is 25.0. The fourth-order valence-corrected chi connectivity index (χ4v) is 2.75. The molecule has 0 aromatic heterocycles. The van der Waals surface area contributed by atoms with E-state index >= 15 is 0 Å². The first-order chi connectivity index (χ1) is 13.0. The van der Waals surface area contributed by atoms with Crippen molar-refractivity contribution in [3.05, 3.63) is 71.8 Å². The molecule has 0 fully saturated rings. The van der Waals surface area contributed by atoms with Crippen LogP contribution in [0.1, 0.15) is 31.4 Å². The number of nitrogens with one attached hydrogen (secondary N) is 1. The normalized spacial score (nSPS) is 12.6. The Bertz CT molecular complexity index is 723. The van der Waals surface area contributed by atoms with Crippen molar-refractivity contribution in [3.8, 4) is 0 Å². The number of amides is 1. The van der Waals surface area contributed by atoms with Crippen molar-refractivity contribution in [1.29, 1.82) is 0 Å². The average molecular weight is 405 g/mol. The van der Waals surface area contributed by atoms with E-state index in [1.165, 1.54) is 0 Å². The zero-order valence-electron chi connectivity index (χ0n) is 16.3. The van der Waals surface area contributed by atoms with E-state index in [0.717, 1.165) is 11.1 Å². The van der Waals surface area contributed by atoms with E-state index in [1.807, 2.05) is 74.5 Å². The van der Waals surface area contributed by atoms with E-state index in [0.29, 0.717) is 12.8 Å². The van der Waals surface area contributed by atoms with E-state index in [9.17, 15) is 9.59 Å². The zero-order chi connectivity index (χ0) is 19.6. The molecule has 0 unspecified atom stereocenters. The van der Waals surface area contributed by atoms with Crippen molar-refractivity contribution in [3.63, 3.8) is 0 Å². The van der Waals surface area contributed by atoms with Crippen LogP contribution in [0.15, 0.2) is 60.7 Å². The number of nitrogens with two attached hydrogens (primary N) is 1. The topological polar surface area (TPSA) is 81.4 Å². The first-order valence-electron chi connectivity index (χ1n) is 9.26. The second-order valence-corrected chi connectivity index (χ2v) is 7.08. The summed E-state index contributed by atoms with van der Waals surface area (Å²) in [5, 5.41) is 2.77. The molecule has 0 aliphatic heterocycles. The van der Waals surface area contributed by atoms with Gasteiger partial charge < -0.3 is 15.8 Å². The monoisotopic (exact) mass is 404 g/mol. The Kier molecular flexibility index (Phi) is 10.3. The maximum absolute atomic E-state index is 12.5. The van der Waals surface area contributed by atoms with Crippen LogP contribution in [0.2, 0.25) is 0 Å². The summed E-state index contributed by atoms with van der Waals surface area (Å²) in [6.45, 7) is 4.17. The number of ether oxygens (including phenoxy) is 1. The van der Waals surface area contributed by atoms with E-state index in [2.05, 4.69) is 5.32 Å². The molecule has 0 aliphatic rings. The van der Waals surface area contributed by atoms with Crippen molar-refractivity contribution < 1.29 is 14.3 Å². The van der Waals surface area contributed by atoms with Crippen LogP contribution in [-0.2, 0) is 27.4 Å². The van der Waals surface area contributed by atoms with Gasteiger partial charge in [-0.3, -0.25) is 4.79 Å². The van der Waals surface area contributed by atoms with Gasteiger partial charge in [0.15, 0.2) is 0 Å². The van der Waals surface area contributed by atoms with E-state index < -0.39 is 18.1 Å². The van der Waals surface area contributed by atoms with Crippen molar-refractivity contribution >= 4 is 24.3 Å². The Labute approximate surface area is 173 Å². The number of rotatable bonds is 9. The minimum Gasteiger partial charge on any atom is -0.459 e. The van der Waals surface area contributed by atoms with Gasteiger partial charge in [0.25, 0.3) is 0 Å². The van der Waals surface area contributed by atoms with Gasteiger partial charge in [-0.25, -0.2) is 4.79 Å². The van der Waals surface area contributed by atoms with Gasteiger partial charge in [-0.05, 0) is 29.9 Å². The van der Waals surface area contributed by atoms with Crippen LogP contribution in [0.25, 0.3) is 0 Å². The largest absolute Gasteiger partial charge is 0.459 e. The second-order valence-electron chi connectivity index (χ2n) is 7.08. The third-order valence-electron chi connectivity index (χ3n) is 4.17. The van der Waals surface area contributed by atoms with Gasteiger partial charge in [0.05, 0.1) is 6.04 Å². The third-order valence-corrected chi connectivity index (χ3v) is 4.17. The highest BCUT2D eigenvalue weighted by Gasteiger charge is 2.26. The lowest BCUT2D eigenvalue weighted by atomic mass is 10.0. The van der Waals surface area contributed by atoms with Crippen LogP contribution in [0, 0.1) is 5.92 Å². The van der Waals surface area contributed by atoms with Crippen LogP contribution in [0.4, 0.5) is 0 Å². The zero-order valence-corrected chi connectivity index (χ0v) is 17.2. The number of carbonyl (C=O) groups is 2. The van der Waals surface area contributed by atoms with Gasteiger partial charge in [-0.1, -0.05) is 74.5 Å². The lowest BCUT2D eigenvalue weighted by molar-refractivity contribution is -0.149. The number of hydrogen-bond acceptors (Lipinski definition) is 4. The molecule has 5 nitrogen and oxygen atoms in total. The Balaban J connectivity index is 0.00000392. The molecule has 2 aromatic rings. The second kappa shape index (κ2) is 12.2. The Morgan fingerprint density at radius 1 is 0.964 bits per heavy atom. The van der Waals surface area contributed by atoms with Crippen LogP contribution in [0.5, 0.6) is 0 Å². The molecule has 2 aromatic carbocycles. The molecule has 0 spiro atoms. The summed E-state index contributed by atoms with van der Waals surface area (Å²) in [5.74, 6) is -0.557. The fourth-order valence-electron chi connectivity index (χ4n) is 2.75. The molecule has 6 heteroatoms. The Hall–Kier alpha value is -2.37. The maximum atomic E-state index is 12.5. The van der Waals surface area contributed by atoms with E-state index in [4.69, 9.17) is 10.5 Å². The van der Waals surface area contributed by atoms with Gasteiger partial charge in [-0.2, -0.15) is 0 Å². The van der Waals surface area contributed by atoms with Crippen molar-refractivity contribution in [2.45, 2.75) is 45.4 Å². The summed E-state index contributed by atoms with van der Waals surface area (Å²) < 4.78 is 5.40. The summed E-state index contributed by atoms with van der Waals surface area (Å²) in [7, 11) is 0. The maximum Gasteiger partial charge on any atom is 0.328 e. The highest BCUT2D eigenvalue weighted by molar-refractivity contribution is 5.87. The molecular formula is C22H29ClN2O3. The molecule has 2 rings (SSSR count). The predicted molar refractivity (Wildman–Crippen MR) is 113 cm³/mol. The number of halogens is 1. The number of carbonyl (C=O) groups excluding carboxylic acids is 2. The number of esters is 1. The highest BCUT2D eigenvalue weighted by Crippen LogP contribution is 2.10. The van der Waals surface area contributed by atoms with Crippen LogP contribution in [-0.4, -0.2) is 24.0 Å². The van der Waals surface area contributed by atoms with Crippen LogP contribution >= 0.6 is 12.4 Å². The Morgan fingerprint density at radius 2 is 1.50 bits per heavy atom. The van der Waals surface area contributed by atoms with E-state index in [1.54, 1.807) is 0 Å². The minimum absolute atomic E-state index is 0. The van der Waals surface area contributed by atoms with Crippen molar-refractivity contribution in [1.82, 2.24) is 5.32 Å². The van der Waals surface area contributed by atoms with Crippen molar-refractivity contribution in [2.24, 2.45) is 11.7 Å². The molecule has 28 heavy (non-hydrogen) atoms. The van der Waals surface area contributed by atoms with Gasteiger partial charge in [0, 0.05) is 0 Å². The number of benzene rings is 2. The number of hydrogen-bond donors (Lipinski definition) is 2. The highest BCUT2D eigenvalue weighted by atomic mass is 35.5. The first kappa shape index (κ1) is 23.7. The van der Waals surface area contributed by atoms with Crippen LogP contribution in [0.3, 0.4) is 0 Å². The molecule has 3 N–H and O–H groups in total. The molecule has 0 saturated heterocycles. The van der Waals surface area contributed by atoms with Crippen molar-refractivity contribution in [2.75, 3.05) is 0 Å². The minimum atomic E-state index is -0.719. The van der Waals surface area contributed by atoms with Crippen LogP contribution < -0.4 is 11.1 Å². The average Bonchev–Trinajstić information content (AvgIpc) is 2.66. The summed E-state index contributed by atoms with van der Waals surface area (Å²) in [6, 6.07) is 17.6. The van der Waals surface area contributed by atoms with Gasteiger partial charge in [0.1, 0.15) is 12.6 Å². The molecule has 1 amide bonds. The molecule has 0 bridgehead atoms. The Morgan fingerprint density at radius 3 is 2.04 bits per heavy atom. The molecule has 0 radical (unpaired) electrons. The smallest absolute Gasteiger partial charge is 0.328 e. The lowest BCUT2D eigenvalue weighted by Gasteiger charge is -2.21. The lowest BCUT2D eigenvalue weighted by Crippen LogP contribution is -2.50. The van der Waals surface area contributed by atoms with Gasteiger partial charge in [-0.15, -0.1) is 12.4 Å². The predicted octanol–water partition coefficient (Wildman–Crippen LogP) is 3.25. The SMILES string of the molecule is CC(C)C[C@H](NC(=O)[C@@H](N)Cc1ccccc1)C(=O)OCc1ccccc1.Cl. The molecular weight excluding hydrogens is 376 g/mol. The summed E-state index contributed by atoms with van der Waals surface area (Å²) in [6.07, 6.45) is 0.914. The first-order valence-corrected chi connectivity index (χ1v) is 9.26. The third kappa shape index (κ3) is 8.11. The molecule has 152 valence electrons. The molecule has 0 heterocycles. The molecule has 2 atom stereocenters. The summed E-state index contributed by atoms with van der Waals surface area (Å²) >= 11 is 0. The summed E-state index contributed by atoms with van der Waals surface area (Å²) in [5.41, 5.74) is 7.91. The van der Waals surface area contributed by atoms with Gasteiger partial charge >= 0.3 is 5.97 Å². The quantitative estimate of drug-likeness (QED) is 0.628. The van der Waals surface area contributed by atoms with E-state index in [-0.39, 0.29) is 30.8 Å². The fraction of sp³-hybridized carbons (Fsp3) is 0.364.